The van der Waals surface area contributed by atoms with Crippen LogP contribution in [0.3, 0.4) is 0 Å². The van der Waals surface area contributed by atoms with Crippen molar-refractivity contribution in [1.82, 2.24) is 0 Å². The predicted octanol–water partition coefficient (Wildman–Crippen LogP) is 3.10. The lowest BCUT2D eigenvalue weighted by molar-refractivity contribution is -0.118. The van der Waals surface area contributed by atoms with E-state index in [9.17, 15) is 4.79 Å². The molecule has 0 unspecified atom stereocenters. The molecule has 1 N–H and O–H groups in total. The Hall–Kier alpha value is -2.89. The number of carbonyl (C=O) groups excluding carboxylic acids is 1. The highest BCUT2D eigenvalue weighted by Gasteiger charge is 2.51. The van der Waals surface area contributed by atoms with Gasteiger partial charge in [-0.2, -0.15) is 0 Å². The minimum Gasteiger partial charge on any atom is -0.497 e. The maximum atomic E-state index is 12.9. The maximum absolute atomic E-state index is 12.9. The smallest absolute Gasteiger partial charge is 0.235 e. The number of anilines is 1. The Labute approximate surface area is 145 Å². The Bertz CT molecular complexity index is 829. The van der Waals surface area contributed by atoms with E-state index >= 15 is 0 Å². The van der Waals surface area contributed by atoms with Crippen LogP contribution < -0.4 is 24.3 Å². The van der Waals surface area contributed by atoms with Crippen molar-refractivity contribution in [2.45, 2.75) is 18.3 Å². The molecule has 1 amide bonds. The highest BCUT2D eigenvalue weighted by Crippen LogP contribution is 2.51. The minimum absolute atomic E-state index is 0.0465. The fraction of sp³-hybridized carbons (Fsp3) is 0.316. The van der Waals surface area contributed by atoms with Crippen molar-refractivity contribution in [3.63, 3.8) is 0 Å². The van der Waals surface area contributed by atoms with Gasteiger partial charge in [0.25, 0.3) is 0 Å². The van der Waals surface area contributed by atoms with E-state index < -0.39 is 5.41 Å². The monoisotopic (exact) mass is 341 g/mol. The molecule has 25 heavy (non-hydrogen) atoms. The zero-order valence-corrected chi connectivity index (χ0v) is 14.1. The topological polar surface area (TPSA) is 66.0 Å². The first kappa shape index (κ1) is 15.6. The van der Waals surface area contributed by atoms with Crippen molar-refractivity contribution in [1.29, 1.82) is 0 Å². The quantitative estimate of drug-likeness (QED) is 0.905. The second-order valence-corrected chi connectivity index (χ2v) is 6.17. The van der Waals surface area contributed by atoms with E-state index in [0.717, 1.165) is 24.2 Å². The SMILES string of the molecule is COc1ccc(NC(=O)C2(c3ccc4c(c3)OCO4)CC2)c(OC)c1. The summed E-state index contributed by atoms with van der Waals surface area (Å²) in [6, 6.07) is 11.0. The van der Waals surface area contributed by atoms with E-state index in [2.05, 4.69) is 5.32 Å². The van der Waals surface area contributed by atoms with E-state index in [1.54, 1.807) is 32.4 Å². The van der Waals surface area contributed by atoms with E-state index in [1.807, 2.05) is 18.2 Å². The van der Waals surface area contributed by atoms with Gasteiger partial charge >= 0.3 is 0 Å². The number of carbonyl (C=O) groups is 1. The van der Waals surface area contributed by atoms with Crippen molar-refractivity contribution in [3.8, 4) is 23.0 Å². The maximum Gasteiger partial charge on any atom is 0.235 e. The van der Waals surface area contributed by atoms with Crippen LogP contribution in [0.1, 0.15) is 18.4 Å². The zero-order valence-electron chi connectivity index (χ0n) is 14.1. The molecule has 2 aromatic rings. The number of hydrogen-bond donors (Lipinski definition) is 1. The largest absolute Gasteiger partial charge is 0.497 e. The van der Waals surface area contributed by atoms with Crippen LogP contribution in [-0.2, 0) is 10.2 Å². The molecule has 0 atom stereocenters. The van der Waals surface area contributed by atoms with Crippen LogP contribution in [0, 0.1) is 0 Å². The van der Waals surface area contributed by atoms with Crippen molar-refractivity contribution in [3.05, 3.63) is 42.0 Å². The van der Waals surface area contributed by atoms with Gasteiger partial charge in [0.2, 0.25) is 12.7 Å². The Balaban J connectivity index is 1.59. The normalized spacial score (nSPS) is 16.2. The molecule has 0 saturated heterocycles. The molecule has 0 bridgehead atoms. The van der Waals surface area contributed by atoms with E-state index in [4.69, 9.17) is 18.9 Å². The van der Waals surface area contributed by atoms with Crippen LogP contribution in [0.4, 0.5) is 5.69 Å². The first-order chi connectivity index (χ1) is 12.2. The summed E-state index contributed by atoms with van der Waals surface area (Å²) >= 11 is 0. The molecule has 1 saturated carbocycles. The third-order valence-electron chi connectivity index (χ3n) is 4.77. The molecule has 6 heteroatoms. The summed E-state index contributed by atoms with van der Waals surface area (Å²) in [5.74, 6) is 2.60. The van der Waals surface area contributed by atoms with Crippen LogP contribution >= 0.6 is 0 Å². The number of rotatable bonds is 5. The number of hydrogen-bond acceptors (Lipinski definition) is 5. The Morgan fingerprint density at radius 2 is 1.84 bits per heavy atom. The Kier molecular flexibility index (Phi) is 3.67. The predicted molar refractivity (Wildman–Crippen MR) is 91.7 cm³/mol. The molecule has 4 rings (SSSR count). The lowest BCUT2D eigenvalue weighted by atomic mass is 9.94. The first-order valence-corrected chi connectivity index (χ1v) is 8.10. The molecule has 1 aliphatic carbocycles. The molecule has 0 radical (unpaired) electrons. The van der Waals surface area contributed by atoms with Gasteiger partial charge < -0.3 is 24.3 Å². The Morgan fingerprint density at radius 3 is 2.56 bits per heavy atom. The molecule has 0 spiro atoms. The zero-order chi connectivity index (χ0) is 17.4. The van der Waals surface area contributed by atoms with E-state index in [0.29, 0.717) is 22.9 Å². The minimum atomic E-state index is -0.522. The summed E-state index contributed by atoms with van der Waals surface area (Å²) in [6.45, 7) is 0.223. The lowest BCUT2D eigenvalue weighted by Crippen LogP contribution is -2.28. The molecule has 2 aliphatic rings. The second kappa shape index (κ2) is 5.88. The molecule has 2 aromatic carbocycles. The standard InChI is InChI=1S/C19H19NO5/c1-22-13-4-5-14(16(10-13)23-2)20-18(21)19(7-8-19)12-3-6-15-17(9-12)25-11-24-15/h3-6,9-10H,7-8,11H2,1-2H3,(H,20,21). The molecule has 1 heterocycles. The van der Waals surface area contributed by atoms with Gasteiger partial charge in [-0.25, -0.2) is 0 Å². The van der Waals surface area contributed by atoms with Crippen molar-refractivity contribution in [2.75, 3.05) is 26.3 Å². The first-order valence-electron chi connectivity index (χ1n) is 8.10. The van der Waals surface area contributed by atoms with Gasteiger partial charge in [0.15, 0.2) is 11.5 Å². The van der Waals surface area contributed by atoms with Crippen LogP contribution in [0.5, 0.6) is 23.0 Å². The fourth-order valence-corrected chi connectivity index (χ4v) is 3.11. The van der Waals surface area contributed by atoms with Gasteiger partial charge in [0.05, 0.1) is 25.3 Å². The van der Waals surface area contributed by atoms with Crippen LogP contribution in [-0.4, -0.2) is 26.9 Å². The van der Waals surface area contributed by atoms with Crippen LogP contribution in [0.2, 0.25) is 0 Å². The summed E-state index contributed by atoms with van der Waals surface area (Å²) in [5.41, 5.74) is 1.05. The molecule has 1 fully saturated rings. The highest BCUT2D eigenvalue weighted by molar-refractivity contribution is 6.02. The van der Waals surface area contributed by atoms with Gasteiger partial charge in [-0.05, 0) is 42.7 Å². The second-order valence-electron chi connectivity index (χ2n) is 6.17. The fourth-order valence-electron chi connectivity index (χ4n) is 3.11. The number of ether oxygens (including phenoxy) is 4. The van der Waals surface area contributed by atoms with Crippen molar-refractivity contribution < 1.29 is 23.7 Å². The molecular formula is C19H19NO5. The number of benzene rings is 2. The number of methoxy groups -OCH3 is 2. The van der Waals surface area contributed by atoms with E-state index in [1.165, 1.54) is 0 Å². The molecule has 0 aromatic heterocycles. The average molecular weight is 341 g/mol. The number of nitrogens with one attached hydrogen (secondary N) is 1. The van der Waals surface area contributed by atoms with Gasteiger partial charge in [0, 0.05) is 6.07 Å². The summed E-state index contributed by atoms with van der Waals surface area (Å²) in [5, 5.41) is 2.99. The van der Waals surface area contributed by atoms with Gasteiger partial charge in [0.1, 0.15) is 11.5 Å². The molecule has 130 valence electrons. The van der Waals surface area contributed by atoms with Crippen LogP contribution in [0.25, 0.3) is 0 Å². The van der Waals surface area contributed by atoms with E-state index in [-0.39, 0.29) is 12.7 Å². The third kappa shape index (κ3) is 2.63. The average Bonchev–Trinajstić information content (AvgIpc) is 3.33. The number of fused-ring (bicyclic) bond motifs is 1. The summed E-state index contributed by atoms with van der Waals surface area (Å²) < 4.78 is 21.3. The van der Waals surface area contributed by atoms with Gasteiger partial charge in [-0.3, -0.25) is 4.79 Å². The summed E-state index contributed by atoms with van der Waals surface area (Å²) in [6.07, 6.45) is 1.61. The molecular weight excluding hydrogens is 322 g/mol. The number of amides is 1. The lowest BCUT2D eigenvalue weighted by Gasteiger charge is -2.18. The molecule has 1 aliphatic heterocycles. The van der Waals surface area contributed by atoms with Gasteiger partial charge in [-0.15, -0.1) is 0 Å². The Morgan fingerprint density at radius 1 is 1.04 bits per heavy atom. The third-order valence-corrected chi connectivity index (χ3v) is 4.77. The highest BCUT2D eigenvalue weighted by atomic mass is 16.7. The summed E-state index contributed by atoms with van der Waals surface area (Å²) in [4.78, 5) is 12.9. The van der Waals surface area contributed by atoms with Gasteiger partial charge in [-0.1, -0.05) is 6.07 Å². The van der Waals surface area contributed by atoms with Crippen molar-refractivity contribution >= 4 is 11.6 Å². The molecule has 6 nitrogen and oxygen atoms in total. The van der Waals surface area contributed by atoms with Crippen LogP contribution in [0.15, 0.2) is 36.4 Å². The summed E-state index contributed by atoms with van der Waals surface area (Å²) in [7, 11) is 3.15. The van der Waals surface area contributed by atoms with Crippen molar-refractivity contribution in [2.24, 2.45) is 0 Å².